The number of carboxylic acids is 1. The fraction of sp³-hybridized carbons (Fsp3) is 0.385. The third kappa shape index (κ3) is 4.24. The predicted octanol–water partition coefficient (Wildman–Crippen LogP) is 1.76. The number of rotatable bonds is 5. The molecule has 0 aliphatic rings. The normalized spacial score (nSPS) is 12.2. The number of phenolic OH excluding ortho intramolecular Hbond substituents is 1. The summed E-state index contributed by atoms with van der Waals surface area (Å²) in [5.74, 6) is -2.99. The maximum absolute atomic E-state index is 13.0. The van der Waals surface area contributed by atoms with E-state index in [4.69, 9.17) is 5.11 Å². The summed E-state index contributed by atoms with van der Waals surface area (Å²) in [4.78, 5) is 22.8. The number of aliphatic carboxylic acids is 1. The number of benzene rings is 1. The Morgan fingerprint density at radius 2 is 2.00 bits per heavy atom. The molecule has 0 unspecified atom stereocenters. The molecule has 1 aromatic carbocycles. The van der Waals surface area contributed by atoms with E-state index < -0.39 is 29.5 Å². The van der Waals surface area contributed by atoms with Gasteiger partial charge in [-0.3, -0.25) is 4.79 Å². The molecule has 0 saturated heterocycles. The van der Waals surface area contributed by atoms with Crippen molar-refractivity contribution in [1.29, 1.82) is 0 Å². The summed E-state index contributed by atoms with van der Waals surface area (Å²) in [6, 6.07) is 1.84. The molecular formula is C13H16FNO4. The summed E-state index contributed by atoms with van der Waals surface area (Å²) < 4.78 is 13.0. The van der Waals surface area contributed by atoms with E-state index in [2.05, 4.69) is 5.32 Å². The Hall–Kier alpha value is -2.11. The Balaban J connectivity index is 2.87. The number of hydrogen-bond donors (Lipinski definition) is 3. The van der Waals surface area contributed by atoms with Crippen molar-refractivity contribution in [2.75, 3.05) is 0 Å². The summed E-state index contributed by atoms with van der Waals surface area (Å²) in [5, 5.41) is 20.7. The second-order valence-electron chi connectivity index (χ2n) is 4.66. The molecule has 3 N–H and O–H groups in total. The smallest absolute Gasteiger partial charge is 0.326 e. The number of nitrogens with one attached hydrogen (secondary N) is 1. The van der Waals surface area contributed by atoms with Crippen LogP contribution in [-0.4, -0.2) is 28.1 Å². The molecule has 104 valence electrons. The number of aromatic hydroxyl groups is 1. The van der Waals surface area contributed by atoms with E-state index in [0.29, 0.717) is 0 Å². The van der Waals surface area contributed by atoms with Gasteiger partial charge >= 0.3 is 5.97 Å². The first-order valence-electron chi connectivity index (χ1n) is 5.83. The highest BCUT2D eigenvalue weighted by molar-refractivity contribution is 5.98. The van der Waals surface area contributed by atoms with Crippen LogP contribution in [0.3, 0.4) is 0 Å². The molecule has 0 saturated carbocycles. The molecule has 0 bridgehead atoms. The molecule has 19 heavy (non-hydrogen) atoms. The van der Waals surface area contributed by atoms with Crippen molar-refractivity contribution in [1.82, 2.24) is 5.32 Å². The minimum absolute atomic E-state index is 0.0718. The molecule has 1 aromatic rings. The van der Waals surface area contributed by atoms with Crippen LogP contribution in [0.5, 0.6) is 5.75 Å². The highest BCUT2D eigenvalue weighted by atomic mass is 19.1. The second-order valence-corrected chi connectivity index (χ2v) is 4.66. The van der Waals surface area contributed by atoms with Gasteiger partial charge in [0.2, 0.25) is 0 Å². The first-order valence-corrected chi connectivity index (χ1v) is 5.83. The number of hydrogen-bond acceptors (Lipinski definition) is 3. The molecular weight excluding hydrogens is 253 g/mol. The van der Waals surface area contributed by atoms with E-state index in [1.165, 1.54) is 0 Å². The Morgan fingerprint density at radius 1 is 1.37 bits per heavy atom. The molecule has 0 heterocycles. The van der Waals surface area contributed by atoms with Crippen LogP contribution >= 0.6 is 0 Å². The minimum atomic E-state index is -1.17. The van der Waals surface area contributed by atoms with E-state index in [0.717, 1.165) is 18.2 Å². The van der Waals surface area contributed by atoms with Gasteiger partial charge in [-0.25, -0.2) is 9.18 Å². The van der Waals surface area contributed by atoms with E-state index >= 15 is 0 Å². The average molecular weight is 269 g/mol. The number of carbonyl (C=O) groups excluding carboxylic acids is 1. The molecule has 0 aliphatic carbocycles. The Labute approximate surface area is 110 Å². The van der Waals surface area contributed by atoms with Crippen molar-refractivity contribution in [3.05, 3.63) is 29.6 Å². The summed E-state index contributed by atoms with van der Waals surface area (Å²) in [6.45, 7) is 3.64. The van der Waals surface area contributed by atoms with Gasteiger partial charge in [-0.15, -0.1) is 0 Å². The van der Waals surface area contributed by atoms with Crippen molar-refractivity contribution >= 4 is 11.9 Å². The Kier molecular flexibility index (Phi) is 4.86. The molecule has 1 atom stereocenters. The quantitative estimate of drug-likeness (QED) is 0.760. The SMILES string of the molecule is CC(C)C[C@H](NC(=O)c1cc(F)ccc1O)C(=O)O. The average Bonchev–Trinajstić information content (AvgIpc) is 2.30. The summed E-state index contributed by atoms with van der Waals surface area (Å²) >= 11 is 0. The highest BCUT2D eigenvalue weighted by Crippen LogP contribution is 2.18. The number of carboxylic acid groups (broad SMARTS) is 1. The van der Waals surface area contributed by atoms with Crippen LogP contribution in [0.2, 0.25) is 0 Å². The third-order valence-corrected chi connectivity index (χ3v) is 2.51. The zero-order valence-corrected chi connectivity index (χ0v) is 10.7. The fourth-order valence-electron chi connectivity index (χ4n) is 1.62. The minimum Gasteiger partial charge on any atom is -0.507 e. The maximum Gasteiger partial charge on any atom is 0.326 e. The summed E-state index contributed by atoms with van der Waals surface area (Å²) in [5.41, 5.74) is -0.282. The number of phenols is 1. The predicted molar refractivity (Wildman–Crippen MR) is 66.4 cm³/mol. The van der Waals surface area contributed by atoms with Gasteiger partial charge in [0.05, 0.1) is 5.56 Å². The van der Waals surface area contributed by atoms with Gasteiger partial charge in [-0.2, -0.15) is 0 Å². The zero-order chi connectivity index (χ0) is 14.6. The van der Waals surface area contributed by atoms with Gasteiger partial charge in [-0.05, 0) is 30.5 Å². The van der Waals surface area contributed by atoms with Crippen LogP contribution < -0.4 is 5.32 Å². The van der Waals surface area contributed by atoms with Crippen molar-refractivity contribution < 1.29 is 24.2 Å². The molecule has 0 aromatic heterocycles. The van der Waals surface area contributed by atoms with Gasteiger partial charge in [0.15, 0.2) is 0 Å². The van der Waals surface area contributed by atoms with Gasteiger partial charge in [-0.1, -0.05) is 13.8 Å². The summed E-state index contributed by atoms with van der Waals surface area (Å²) in [6.07, 6.45) is 0.247. The topological polar surface area (TPSA) is 86.6 Å². The van der Waals surface area contributed by atoms with Gasteiger partial charge in [0.1, 0.15) is 17.6 Å². The monoisotopic (exact) mass is 269 g/mol. The largest absolute Gasteiger partial charge is 0.507 e. The zero-order valence-electron chi connectivity index (χ0n) is 10.7. The van der Waals surface area contributed by atoms with Crippen LogP contribution in [0, 0.1) is 11.7 Å². The molecule has 0 spiro atoms. The summed E-state index contributed by atoms with van der Waals surface area (Å²) in [7, 11) is 0. The van der Waals surface area contributed by atoms with E-state index in [1.807, 2.05) is 13.8 Å². The number of halogens is 1. The first kappa shape index (κ1) is 14.9. The van der Waals surface area contributed by atoms with Crippen molar-refractivity contribution in [2.45, 2.75) is 26.3 Å². The van der Waals surface area contributed by atoms with Crippen LogP contribution in [0.4, 0.5) is 4.39 Å². The van der Waals surface area contributed by atoms with Gasteiger partial charge in [0.25, 0.3) is 5.91 Å². The molecule has 0 aliphatic heterocycles. The lowest BCUT2D eigenvalue weighted by Gasteiger charge is -2.16. The molecule has 6 heteroatoms. The number of carbonyl (C=O) groups is 2. The molecule has 0 fully saturated rings. The first-order chi connectivity index (χ1) is 8.81. The lowest BCUT2D eigenvalue weighted by atomic mass is 10.0. The van der Waals surface area contributed by atoms with Crippen LogP contribution in [0.25, 0.3) is 0 Å². The standard InChI is InChI=1S/C13H16FNO4/c1-7(2)5-10(13(18)19)15-12(17)9-6-8(14)3-4-11(9)16/h3-4,6-7,10,16H,5H2,1-2H3,(H,15,17)(H,18,19)/t10-/m0/s1. The molecule has 1 amide bonds. The molecule has 0 radical (unpaired) electrons. The fourth-order valence-corrected chi connectivity index (χ4v) is 1.62. The van der Waals surface area contributed by atoms with Crippen LogP contribution in [0.1, 0.15) is 30.6 Å². The Bertz CT molecular complexity index is 488. The highest BCUT2D eigenvalue weighted by Gasteiger charge is 2.23. The van der Waals surface area contributed by atoms with Crippen LogP contribution in [0.15, 0.2) is 18.2 Å². The van der Waals surface area contributed by atoms with Crippen molar-refractivity contribution in [2.24, 2.45) is 5.92 Å². The van der Waals surface area contributed by atoms with Gasteiger partial charge in [0, 0.05) is 0 Å². The van der Waals surface area contributed by atoms with Crippen molar-refractivity contribution in [3.63, 3.8) is 0 Å². The molecule has 1 rings (SSSR count). The lowest BCUT2D eigenvalue weighted by Crippen LogP contribution is -2.41. The van der Waals surface area contributed by atoms with Gasteiger partial charge < -0.3 is 15.5 Å². The number of amides is 1. The molecule has 5 nitrogen and oxygen atoms in total. The van der Waals surface area contributed by atoms with E-state index in [9.17, 15) is 19.1 Å². The second kappa shape index (κ2) is 6.17. The van der Waals surface area contributed by atoms with Crippen molar-refractivity contribution in [3.8, 4) is 5.75 Å². The third-order valence-electron chi connectivity index (χ3n) is 2.51. The van der Waals surface area contributed by atoms with E-state index in [1.54, 1.807) is 0 Å². The van der Waals surface area contributed by atoms with Crippen LogP contribution in [-0.2, 0) is 4.79 Å². The van der Waals surface area contributed by atoms with E-state index in [-0.39, 0.29) is 17.9 Å². The Morgan fingerprint density at radius 3 is 2.53 bits per heavy atom. The maximum atomic E-state index is 13.0. The lowest BCUT2D eigenvalue weighted by molar-refractivity contribution is -0.139.